The van der Waals surface area contributed by atoms with Crippen molar-refractivity contribution in [2.45, 2.75) is 43.7 Å². The molecule has 0 bridgehead atoms. The Labute approximate surface area is 214 Å². The van der Waals surface area contributed by atoms with Gasteiger partial charge in [0.1, 0.15) is 0 Å². The van der Waals surface area contributed by atoms with Crippen LogP contribution in [0.2, 0.25) is 0 Å². The van der Waals surface area contributed by atoms with Crippen molar-refractivity contribution < 1.29 is 13.2 Å². The van der Waals surface area contributed by atoms with Crippen molar-refractivity contribution in [2.75, 3.05) is 26.2 Å². The maximum atomic E-state index is 12.8. The van der Waals surface area contributed by atoms with Crippen LogP contribution in [0.4, 0.5) is 0 Å². The Hall–Kier alpha value is -3.00. The van der Waals surface area contributed by atoms with Gasteiger partial charge in [0, 0.05) is 38.3 Å². The average molecular weight is 504 g/mol. The molecule has 5 rings (SSSR count). The van der Waals surface area contributed by atoms with Crippen molar-refractivity contribution in [1.29, 1.82) is 0 Å². The Balaban J connectivity index is 1.13. The van der Waals surface area contributed by atoms with Gasteiger partial charge in [-0.25, -0.2) is 8.42 Å². The molecule has 1 atom stereocenters. The van der Waals surface area contributed by atoms with Crippen LogP contribution in [0.1, 0.15) is 52.0 Å². The van der Waals surface area contributed by atoms with E-state index in [1.165, 1.54) is 17.5 Å². The Bertz CT molecular complexity index is 1320. The van der Waals surface area contributed by atoms with Gasteiger partial charge in [-0.3, -0.25) is 9.69 Å². The van der Waals surface area contributed by atoms with E-state index < -0.39 is 10.0 Å². The fourth-order valence-corrected chi connectivity index (χ4v) is 6.56. The number of fused-ring (bicyclic) bond motifs is 1. The first-order valence-corrected chi connectivity index (χ1v) is 14.1. The molecule has 0 saturated carbocycles. The number of rotatable bonds is 7. The molecule has 6 nitrogen and oxygen atoms in total. The van der Waals surface area contributed by atoms with Gasteiger partial charge in [0.2, 0.25) is 10.0 Å². The fraction of sp³-hybridized carbons (Fsp3) is 0.345. The zero-order valence-electron chi connectivity index (χ0n) is 20.7. The van der Waals surface area contributed by atoms with Crippen LogP contribution in [0.3, 0.4) is 0 Å². The highest BCUT2D eigenvalue weighted by Gasteiger charge is 2.28. The SMILES string of the molecule is C[C@@H](NC(=O)c1ccc(CN2CCN(S(=O)(=O)c3ccccc3)CC2)cc1)c1ccc2c(c1)CCC2. The van der Waals surface area contributed by atoms with Crippen molar-refractivity contribution in [3.8, 4) is 0 Å². The van der Waals surface area contributed by atoms with Crippen molar-refractivity contribution >= 4 is 15.9 Å². The number of nitrogens with one attached hydrogen (secondary N) is 1. The largest absolute Gasteiger partial charge is 0.346 e. The van der Waals surface area contributed by atoms with E-state index in [9.17, 15) is 13.2 Å². The second kappa shape index (κ2) is 10.5. The minimum Gasteiger partial charge on any atom is -0.346 e. The van der Waals surface area contributed by atoms with Crippen LogP contribution >= 0.6 is 0 Å². The molecule has 1 aliphatic heterocycles. The molecule has 0 radical (unpaired) electrons. The lowest BCUT2D eigenvalue weighted by molar-refractivity contribution is 0.0940. The number of carbonyl (C=O) groups is 1. The summed E-state index contributed by atoms with van der Waals surface area (Å²) in [5.74, 6) is -0.0747. The normalized spacial score (nSPS) is 17.5. The second-order valence-electron chi connectivity index (χ2n) is 9.77. The highest BCUT2D eigenvalue weighted by Crippen LogP contribution is 2.25. The van der Waals surface area contributed by atoms with Crippen LogP contribution in [0.15, 0.2) is 77.7 Å². The van der Waals surface area contributed by atoms with Crippen molar-refractivity contribution in [1.82, 2.24) is 14.5 Å². The smallest absolute Gasteiger partial charge is 0.251 e. The van der Waals surface area contributed by atoms with E-state index in [4.69, 9.17) is 0 Å². The first-order valence-electron chi connectivity index (χ1n) is 12.7. The molecule has 1 heterocycles. The lowest BCUT2D eigenvalue weighted by Crippen LogP contribution is -2.48. The van der Waals surface area contributed by atoms with Crippen molar-refractivity contribution in [3.63, 3.8) is 0 Å². The topological polar surface area (TPSA) is 69.7 Å². The predicted octanol–water partition coefficient (Wildman–Crippen LogP) is 4.17. The average Bonchev–Trinajstić information content (AvgIpc) is 3.38. The highest BCUT2D eigenvalue weighted by molar-refractivity contribution is 7.89. The summed E-state index contributed by atoms with van der Waals surface area (Å²) in [4.78, 5) is 15.4. The summed E-state index contributed by atoms with van der Waals surface area (Å²) in [5.41, 5.74) is 5.75. The third kappa shape index (κ3) is 5.38. The first-order chi connectivity index (χ1) is 17.4. The lowest BCUT2D eigenvalue weighted by atomic mass is 10.0. The molecule has 7 heteroatoms. The van der Waals surface area contributed by atoms with E-state index in [0.29, 0.717) is 36.6 Å². The van der Waals surface area contributed by atoms with Gasteiger partial charge < -0.3 is 5.32 Å². The van der Waals surface area contributed by atoms with E-state index in [2.05, 4.69) is 28.4 Å². The number of hydrogen-bond acceptors (Lipinski definition) is 4. The molecule has 1 fully saturated rings. The zero-order chi connectivity index (χ0) is 25.1. The van der Waals surface area contributed by atoms with Crippen LogP contribution in [0.25, 0.3) is 0 Å². The Morgan fingerprint density at radius 3 is 2.31 bits per heavy atom. The minimum absolute atomic E-state index is 0.0495. The summed E-state index contributed by atoms with van der Waals surface area (Å²) in [7, 11) is -3.44. The van der Waals surface area contributed by atoms with E-state index in [1.807, 2.05) is 37.3 Å². The molecule has 0 aromatic heterocycles. The Kier molecular flexibility index (Phi) is 7.23. The van der Waals surface area contributed by atoms with Crippen molar-refractivity contribution in [3.05, 3.63) is 101 Å². The number of hydrogen-bond donors (Lipinski definition) is 1. The van der Waals surface area contributed by atoms with Gasteiger partial charge in [-0.05, 0) is 72.7 Å². The second-order valence-corrected chi connectivity index (χ2v) is 11.7. The van der Waals surface area contributed by atoms with E-state index in [-0.39, 0.29) is 11.9 Å². The van der Waals surface area contributed by atoms with Gasteiger partial charge in [0.05, 0.1) is 10.9 Å². The maximum Gasteiger partial charge on any atom is 0.251 e. The predicted molar refractivity (Wildman–Crippen MR) is 141 cm³/mol. The van der Waals surface area contributed by atoms with Gasteiger partial charge in [0.15, 0.2) is 0 Å². The lowest BCUT2D eigenvalue weighted by Gasteiger charge is -2.34. The van der Waals surface area contributed by atoms with Crippen LogP contribution in [-0.4, -0.2) is 49.7 Å². The molecular weight excluding hydrogens is 470 g/mol. The summed E-state index contributed by atoms with van der Waals surface area (Å²) in [6, 6.07) is 22.8. The summed E-state index contributed by atoms with van der Waals surface area (Å²) in [6.07, 6.45) is 3.50. The highest BCUT2D eigenvalue weighted by atomic mass is 32.2. The maximum absolute atomic E-state index is 12.8. The van der Waals surface area contributed by atoms with Gasteiger partial charge in [-0.1, -0.05) is 48.5 Å². The van der Waals surface area contributed by atoms with Crippen LogP contribution in [0, 0.1) is 0 Å². The number of nitrogens with zero attached hydrogens (tertiary/aromatic N) is 2. The summed E-state index contributed by atoms with van der Waals surface area (Å²) in [5, 5.41) is 3.13. The quantitative estimate of drug-likeness (QED) is 0.525. The Morgan fingerprint density at radius 2 is 1.58 bits per heavy atom. The number of aryl methyl sites for hydroxylation is 2. The summed E-state index contributed by atoms with van der Waals surface area (Å²) >= 11 is 0. The van der Waals surface area contributed by atoms with Gasteiger partial charge in [-0.15, -0.1) is 0 Å². The molecular formula is C29H33N3O3S. The van der Waals surface area contributed by atoms with Crippen LogP contribution in [-0.2, 0) is 29.4 Å². The number of carbonyl (C=O) groups excluding carboxylic acids is 1. The number of sulfonamides is 1. The molecule has 3 aromatic carbocycles. The minimum atomic E-state index is -3.44. The number of piperazine rings is 1. The van der Waals surface area contributed by atoms with E-state index in [1.54, 1.807) is 28.6 Å². The monoisotopic (exact) mass is 503 g/mol. The van der Waals surface area contributed by atoms with Crippen LogP contribution < -0.4 is 5.32 Å². The number of amides is 1. The molecule has 188 valence electrons. The van der Waals surface area contributed by atoms with Gasteiger partial charge in [0.25, 0.3) is 5.91 Å². The third-order valence-electron chi connectivity index (χ3n) is 7.30. The van der Waals surface area contributed by atoms with Crippen LogP contribution in [0.5, 0.6) is 0 Å². The zero-order valence-corrected chi connectivity index (χ0v) is 21.5. The first kappa shape index (κ1) is 24.7. The molecule has 0 unspecified atom stereocenters. The molecule has 1 amide bonds. The van der Waals surface area contributed by atoms with Gasteiger partial charge >= 0.3 is 0 Å². The Morgan fingerprint density at radius 1 is 0.889 bits per heavy atom. The molecule has 2 aliphatic rings. The molecule has 0 spiro atoms. The third-order valence-corrected chi connectivity index (χ3v) is 9.22. The van der Waals surface area contributed by atoms with Crippen molar-refractivity contribution in [2.24, 2.45) is 0 Å². The van der Waals surface area contributed by atoms with Gasteiger partial charge in [-0.2, -0.15) is 4.31 Å². The molecule has 1 N–H and O–H groups in total. The standard InChI is InChI=1S/C29H33N3O3S/c1-22(26-15-14-24-6-5-7-27(24)20-26)30-29(33)25-12-10-23(11-13-25)21-31-16-18-32(19-17-31)36(34,35)28-8-3-2-4-9-28/h2-4,8-15,20,22H,5-7,16-19,21H2,1H3,(H,30,33)/t22-/m1/s1. The molecule has 1 saturated heterocycles. The molecule has 36 heavy (non-hydrogen) atoms. The van der Waals surface area contributed by atoms with E-state index >= 15 is 0 Å². The fourth-order valence-electron chi connectivity index (χ4n) is 5.11. The number of benzene rings is 3. The molecule has 1 aliphatic carbocycles. The van der Waals surface area contributed by atoms with E-state index in [0.717, 1.165) is 30.5 Å². The molecule has 3 aromatic rings. The summed E-state index contributed by atoms with van der Waals surface area (Å²) in [6.45, 7) is 5.04. The summed E-state index contributed by atoms with van der Waals surface area (Å²) < 4.78 is 27.2.